The monoisotopic (exact) mass is 392 g/mol. The molecule has 1 N–H and O–H groups in total. The number of hydrogen-bond donors (Lipinski definition) is 1. The summed E-state index contributed by atoms with van der Waals surface area (Å²) in [6.45, 7) is 11.8. The molecule has 0 bridgehead atoms. The number of hydrogen-bond acceptors (Lipinski definition) is 3. The van der Waals surface area contributed by atoms with Crippen molar-refractivity contribution in [1.29, 1.82) is 0 Å². The lowest BCUT2D eigenvalue weighted by Gasteiger charge is -2.24. The maximum Gasteiger partial charge on any atom is 0.130 e. The van der Waals surface area contributed by atoms with Crippen LogP contribution in [0.15, 0.2) is 54.0 Å². The van der Waals surface area contributed by atoms with Gasteiger partial charge in [-0.25, -0.2) is 4.99 Å². The van der Waals surface area contributed by atoms with Crippen molar-refractivity contribution < 1.29 is 9.84 Å². The minimum atomic E-state index is -0.959. The predicted molar refractivity (Wildman–Crippen MR) is 120 cm³/mol. The van der Waals surface area contributed by atoms with Gasteiger partial charge < -0.3 is 14.7 Å². The highest BCUT2D eigenvalue weighted by atomic mass is 16.5. The van der Waals surface area contributed by atoms with Crippen molar-refractivity contribution in [2.24, 2.45) is 4.99 Å². The molecule has 2 aromatic rings. The first-order valence-corrected chi connectivity index (χ1v) is 10.4. The molecule has 29 heavy (non-hydrogen) atoms. The average molecular weight is 393 g/mol. The normalized spacial score (nSPS) is 16.6. The molecule has 0 spiro atoms. The lowest BCUT2D eigenvalue weighted by atomic mass is 9.92. The summed E-state index contributed by atoms with van der Waals surface area (Å²) in [7, 11) is 0. The van der Waals surface area contributed by atoms with E-state index in [1.807, 2.05) is 43.6 Å². The van der Waals surface area contributed by atoms with Crippen molar-refractivity contribution in [1.82, 2.24) is 4.90 Å². The van der Waals surface area contributed by atoms with Crippen LogP contribution in [0.4, 0.5) is 5.69 Å². The number of aryl methyl sites for hydroxylation is 2. The highest BCUT2D eigenvalue weighted by Gasteiger charge is 2.21. The van der Waals surface area contributed by atoms with Gasteiger partial charge in [0.05, 0.1) is 17.6 Å². The van der Waals surface area contributed by atoms with Crippen molar-refractivity contribution in [2.45, 2.75) is 52.1 Å². The molecular formula is C25H32N2O2. The third-order valence-corrected chi connectivity index (χ3v) is 5.47. The number of rotatable bonds is 7. The highest BCUT2D eigenvalue weighted by molar-refractivity contribution is 5.65. The average Bonchev–Trinajstić information content (AvgIpc) is 2.70. The fourth-order valence-electron chi connectivity index (χ4n) is 3.62. The maximum atomic E-state index is 10.6. The molecule has 1 aliphatic rings. The van der Waals surface area contributed by atoms with Gasteiger partial charge in [-0.3, -0.25) is 0 Å². The Hall–Kier alpha value is -2.59. The predicted octanol–water partition coefficient (Wildman–Crippen LogP) is 6.03. The standard InChI is InChI=1S/C25H32N2O2/c1-5-12-25(4,28)21-10-9-11-22(17-21)29-24-16-19(2)23(15-20(24)3)26-18-27-13-7-6-8-14-27/h5,9-11,15-18,28H,1,6-8,12-14H2,2-4H3/b26-18+. The molecule has 154 valence electrons. The molecule has 4 heteroatoms. The molecule has 0 aromatic heterocycles. The number of nitrogens with zero attached hydrogens (tertiary/aromatic N) is 2. The lowest BCUT2D eigenvalue weighted by molar-refractivity contribution is 0.0604. The number of likely N-dealkylation sites (tertiary alicyclic amines) is 1. The van der Waals surface area contributed by atoms with Gasteiger partial charge >= 0.3 is 0 Å². The summed E-state index contributed by atoms with van der Waals surface area (Å²) in [5.41, 5.74) is 2.94. The van der Waals surface area contributed by atoms with E-state index in [0.29, 0.717) is 12.2 Å². The Morgan fingerprint density at radius 2 is 1.90 bits per heavy atom. The number of piperidine rings is 1. The molecule has 0 radical (unpaired) electrons. The van der Waals surface area contributed by atoms with Crippen LogP contribution >= 0.6 is 0 Å². The molecule has 0 amide bonds. The summed E-state index contributed by atoms with van der Waals surface area (Å²) in [6, 6.07) is 11.7. The van der Waals surface area contributed by atoms with Gasteiger partial charge in [-0.1, -0.05) is 18.2 Å². The molecule has 1 fully saturated rings. The Morgan fingerprint density at radius 3 is 2.62 bits per heavy atom. The first-order valence-electron chi connectivity index (χ1n) is 10.4. The molecule has 1 aliphatic heterocycles. The number of benzene rings is 2. The van der Waals surface area contributed by atoms with Crippen LogP contribution in [0.2, 0.25) is 0 Å². The van der Waals surface area contributed by atoms with Crippen LogP contribution in [0, 0.1) is 13.8 Å². The summed E-state index contributed by atoms with van der Waals surface area (Å²) in [5.74, 6) is 1.51. The van der Waals surface area contributed by atoms with E-state index in [4.69, 9.17) is 9.73 Å². The minimum Gasteiger partial charge on any atom is -0.457 e. The van der Waals surface area contributed by atoms with Crippen LogP contribution < -0.4 is 4.74 Å². The SMILES string of the molecule is C=CCC(C)(O)c1cccc(Oc2cc(C)c(/N=C/N3CCCCC3)cc2C)c1. The summed E-state index contributed by atoms with van der Waals surface area (Å²) in [4.78, 5) is 7.00. The highest BCUT2D eigenvalue weighted by Crippen LogP contribution is 2.33. The van der Waals surface area contributed by atoms with Crippen molar-refractivity contribution in [3.05, 3.63) is 65.7 Å². The fourth-order valence-corrected chi connectivity index (χ4v) is 3.62. The first-order chi connectivity index (χ1) is 13.9. The largest absolute Gasteiger partial charge is 0.457 e. The van der Waals surface area contributed by atoms with Gasteiger partial charge in [0.25, 0.3) is 0 Å². The van der Waals surface area contributed by atoms with E-state index < -0.39 is 5.60 Å². The summed E-state index contributed by atoms with van der Waals surface area (Å²) in [6.07, 6.45) is 8.00. The second kappa shape index (κ2) is 9.27. The molecule has 2 aromatic carbocycles. The molecule has 0 aliphatic carbocycles. The Kier molecular flexibility index (Phi) is 6.75. The zero-order valence-electron chi connectivity index (χ0n) is 17.8. The van der Waals surface area contributed by atoms with Crippen LogP contribution in [0.25, 0.3) is 0 Å². The second-order valence-corrected chi connectivity index (χ2v) is 8.14. The van der Waals surface area contributed by atoms with Crippen LogP contribution in [0.1, 0.15) is 49.3 Å². The Labute approximate surface area is 174 Å². The molecule has 1 saturated heterocycles. The molecular weight excluding hydrogens is 360 g/mol. The third-order valence-electron chi connectivity index (χ3n) is 5.47. The van der Waals surface area contributed by atoms with E-state index in [9.17, 15) is 5.11 Å². The quantitative estimate of drug-likeness (QED) is 0.356. The molecule has 1 heterocycles. The number of ether oxygens (including phenoxy) is 1. The zero-order chi connectivity index (χ0) is 20.9. The molecule has 1 atom stereocenters. The molecule has 3 rings (SSSR count). The van der Waals surface area contributed by atoms with Gasteiger partial charge in [0.2, 0.25) is 0 Å². The van der Waals surface area contributed by atoms with Gasteiger partial charge in [0.1, 0.15) is 11.5 Å². The lowest BCUT2D eigenvalue weighted by Crippen LogP contribution is -2.28. The zero-order valence-corrected chi connectivity index (χ0v) is 17.8. The van der Waals surface area contributed by atoms with Gasteiger partial charge in [-0.2, -0.15) is 0 Å². The Balaban J connectivity index is 1.77. The van der Waals surface area contributed by atoms with Gasteiger partial charge in [0.15, 0.2) is 0 Å². The third kappa shape index (κ3) is 5.48. The van der Waals surface area contributed by atoms with Gasteiger partial charge in [-0.05, 0) is 87.4 Å². The smallest absolute Gasteiger partial charge is 0.130 e. The van der Waals surface area contributed by atoms with E-state index in [1.54, 1.807) is 13.0 Å². The van der Waals surface area contributed by atoms with Crippen LogP contribution in [0.5, 0.6) is 11.5 Å². The maximum absolute atomic E-state index is 10.6. The van der Waals surface area contributed by atoms with Crippen LogP contribution in [-0.4, -0.2) is 29.4 Å². The molecule has 0 saturated carbocycles. The van der Waals surface area contributed by atoms with E-state index >= 15 is 0 Å². The molecule has 1 unspecified atom stereocenters. The van der Waals surface area contributed by atoms with E-state index in [1.165, 1.54) is 19.3 Å². The number of aliphatic imine (C=N–C) groups is 1. The summed E-state index contributed by atoms with van der Waals surface area (Å²) >= 11 is 0. The Bertz CT molecular complexity index is 880. The van der Waals surface area contributed by atoms with Gasteiger partial charge in [-0.15, -0.1) is 6.58 Å². The van der Waals surface area contributed by atoms with Gasteiger partial charge in [0, 0.05) is 13.1 Å². The van der Waals surface area contributed by atoms with Crippen LogP contribution in [-0.2, 0) is 5.60 Å². The van der Waals surface area contributed by atoms with Crippen molar-refractivity contribution in [2.75, 3.05) is 13.1 Å². The molecule has 4 nitrogen and oxygen atoms in total. The number of aliphatic hydroxyl groups is 1. The van der Waals surface area contributed by atoms with E-state index in [0.717, 1.165) is 41.2 Å². The van der Waals surface area contributed by atoms with E-state index in [2.05, 4.69) is 24.5 Å². The topological polar surface area (TPSA) is 45.1 Å². The Morgan fingerprint density at radius 1 is 1.14 bits per heavy atom. The fraction of sp³-hybridized carbons (Fsp3) is 0.400. The minimum absolute atomic E-state index is 0.484. The van der Waals surface area contributed by atoms with E-state index in [-0.39, 0.29) is 0 Å². The summed E-state index contributed by atoms with van der Waals surface area (Å²) in [5, 5.41) is 10.6. The van der Waals surface area contributed by atoms with Crippen molar-refractivity contribution >= 4 is 12.0 Å². The van der Waals surface area contributed by atoms with Crippen LogP contribution in [0.3, 0.4) is 0 Å². The first kappa shape index (κ1) is 21.1. The second-order valence-electron chi connectivity index (χ2n) is 8.14. The van der Waals surface area contributed by atoms with Crippen molar-refractivity contribution in [3.8, 4) is 11.5 Å². The summed E-state index contributed by atoms with van der Waals surface area (Å²) < 4.78 is 6.15. The van der Waals surface area contributed by atoms with Crippen molar-refractivity contribution in [3.63, 3.8) is 0 Å².